The van der Waals surface area contributed by atoms with Gasteiger partial charge in [0.05, 0.1) is 0 Å². The third kappa shape index (κ3) is 5.69. The number of rotatable bonds is 5. The van der Waals surface area contributed by atoms with E-state index in [9.17, 15) is 9.18 Å². The molecule has 2 heterocycles. The highest BCUT2D eigenvalue weighted by molar-refractivity contribution is 5.85. The number of nitrogens with one attached hydrogen (secondary N) is 2. The van der Waals surface area contributed by atoms with Gasteiger partial charge in [-0.15, -0.1) is 12.4 Å². The van der Waals surface area contributed by atoms with Crippen LogP contribution in [0.25, 0.3) is 0 Å². The Kier molecular flexibility index (Phi) is 7.16. The summed E-state index contributed by atoms with van der Waals surface area (Å²) in [5.74, 6) is 0.789. The van der Waals surface area contributed by atoms with Crippen molar-refractivity contribution in [2.75, 3.05) is 13.1 Å². The van der Waals surface area contributed by atoms with Crippen molar-refractivity contribution in [1.82, 2.24) is 15.6 Å². The molecule has 3 rings (SSSR count). The second-order valence-corrected chi connectivity index (χ2v) is 5.80. The topological polar surface area (TPSA) is 63.2 Å². The lowest BCUT2D eigenvalue weighted by atomic mass is 9.97. The average Bonchev–Trinajstić information content (AvgIpc) is 2.63. The Morgan fingerprint density at radius 3 is 2.68 bits per heavy atom. The molecular formula is C18H21ClFN3O2. The number of benzene rings is 1. The molecule has 7 heteroatoms. The van der Waals surface area contributed by atoms with Crippen LogP contribution in [-0.4, -0.2) is 24.0 Å². The van der Waals surface area contributed by atoms with E-state index in [0.29, 0.717) is 18.2 Å². The first kappa shape index (κ1) is 19.1. The van der Waals surface area contributed by atoms with E-state index in [2.05, 4.69) is 15.6 Å². The Bertz CT molecular complexity index is 691. The highest BCUT2D eigenvalue weighted by Crippen LogP contribution is 2.20. The van der Waals surface area contributed by atoms with Crippen molar-refractivity contribution in [3.63, 3.8) is 0 Å². The van der Waals surface area contributed by atoms with E-state index in [1.54, 1.807) is 24.4 Å². The predicted octanol–water partition coefficient (Wildman–Crippen LogP) is 3.05. The number of hydrogen-bond donors (Lipinski definition) is 2. The lowest BCUT2D eigenvalue weighted by Gasteiger charge is -2.21. The van der Waals surface area contributed by atoms with Crippen LogP contribution in [0.2, 0.25) is 0 Å². The molecule has 5 nitrogen and oxygen atoms in total. The summed E-state index contributed by atoms with van der Waals surface area (Å²) in [5, 5.41) is 6.22. The Hall–Kier alpha value is -2.18. The number of aromatic nitrogens is 1. The highest BCUT2D eigenvalue weighted by Gasteiger charge is 2.20. The summed E-state index contributed by atoms with van der Waals surface area (Å²) in [5.41, 5.74) is 0.907. The summed E-state index contributed by atoms with van der Waals surface area (Å²) >= 11 is 0. The summed E-state index contributed by atoms with van der Waals surface area (Å²) in [6.07, 6.45) is 3.38. The Morgan fingerprint density at radius 1 is 1.24 bits per heavy atom. The molecule has 1 saturated heterocycles. The van der Waals surface area contributed by atoms with Crippen LogP contribution < -0.4 is 15.4 Å². The molecule has 1 aromatic heterocycles. The number of nitrogens with zero attached hydrogens (tertiary/aromatic N) is 1. The number of carbonyl (C=O) groups excluding carboxylic acids is 1. The van der Waals surface area contributed by atoms with Crippen LogP contribution in [0.5, 0.6) is 11.6 Å². The molecule has 2 N–H and O–H groups in total. The monoisotopic (exact) mass is 365 g/mol. The van der Waals surface area contributed by atoms with Gasteiger partial charge < -0.3 is 15.4 Å². The van der Waals surface area contributed by atoms with Crippen molar-refractivity contribution in [1.29, 1.82) is 0 Å². The van der Waals surface area contributed by atoms with E-state index in [1.165, 1.54) is 12.1 Å². The molecule has 1 aromatic carbocycles. The summed E-state index contributed by atoms with van der Waals surface area (Å²) < 4.78 is 18.5. The molecule has 2 aromatic rings. The molecule has 1 amide bonds. The molecular weight excluding hydrogens is 345 g/mol. The van der Waals surface area contributed by atoms with E-state index in [0.717, 1.165) is 31.5 Å². The normalized spacial score (nSPS) is 14.4. The molecule has 0 atom stereocenters. The van der Waals surface area contributed by atoms with Crippen molar-refractivity contribution in [2.45, 2.75) is 19.4 Å². The average molecular weight is 366 g/mol. The van der Waals surface area contributed by atoms with Crippen molar-refractivity contribution in [2.24, 2.45) is 5.92 Å². The molecule has 1 fully saturated rings. The first-order valence-corrected chi connectivity index (χ1v) is 8.07. The fourth-order valence-electron chi connectivity index (χ4n) is 2.66. The van der Waals surface area contributed by atoms with Gasteiger partial charge in [-0.25, -0.2) is 9.37 Å². The molecule has 0 saturated carbocycles. The van der Waals surface area contributed by atoms with Gasteiger partial charge in [0, 0.05) is 24.7 Å². The van der Waals surface area contributed by atoms with Gasteiger partial charge >= 0.3 is 0 Å². The van der Waals surface area contributed by atoms with Crippen LogP contribution in [0.15, 0.2) is 42.6 Å². The first-order valence-electron chi connectivity index (χ1n) is 8.07. The van der Waals surface area contributed by atoms with Crippen LogP contribution in [0.3, 0.4) is 0 Å². The number of amides is 1. The largest absolute Gasteiger partial charge is 0.439 e. The van der Waals surface area contributed by atoms with Crippen LogP contribution >= 0.6 is 12.4 Å². The molecule has 0 aliphatic carbocycles. The molecule has 0 spiro atoms. The molecule has 1 aliphatic heterocycles. The van der Waals surface area contributed by atoms with E-state index in [-0.39, 0.29) is 30.0 Å². The summed E-state index contributed by atoms with van der Waals surface area (Å²) in [4.78, 5) is 16.3. The third-order valence-corrected chi connectivity index (χ3v) is 4.01. The molecule has 0 radical (unpaired) electrons. The third-order valence-electron chi connectivity index (χ3n) is 4.01. The Morgan fingerprint density at radius 2 is 1.96 bits per heavy atom. The van der Waals surface area contributed by atoms with Crippen molar-refractivity contribution in [3.8, 4) is 11.6 Å². The van der Waals surface area contributed by atoms with Crippen molar-refractivity contribution < 1.29 is 13.9 Å². The zero-order valence-corrected chi connectivity index (χ0v) is 14.5. The van der Waals surface area contributed by atoms with Crippen LogP contribution in [0.4, 0.5) is 4.39 Å². The number of pyridine rings is 1. The van der Waals surface area contributed by atoms with E-state index < -0.39 is 0 Å². The van der Waals surface area contributed by atoms with Gasteiger partial charge in [0.2, 0.25) is 11.8 Å². The lowest BCUT2D eigenvalue weighted by Crippen LogP contribution is -2.37. The maximum Gasteiger partial charge on any atom is 0.223 e. The number of ether oxygens (including phenoxy) is 1. The fraction of sp³-hybridized carbons (Fsp3) is 0.333. The Balaban J connectivity index is 0.00000225. The van der Waals surface area contributed by atoms with Gasteiger partial charge in [-0.2, -0.15) is 0 Å². The first-order chi connectivity index (χ1) is 11.7. The molecule has 1 aliphatic rings. The molecule has 0 bridgehead atoms. The maximum atomic E-state index is 12.9. The minimum absolute atomic E-state index is 0. The zero-order valence-electron chi connectivity index (χ0n) is 13.7. The predicted molar refractivity (Wildman–Crippen MR) is 95.4 cm³/mol. The maximum absolute atomic E-state index is 12.9. The minimum atomic E-state index is -0.315. The van der Waals surface area contributed by atoms with E-state index in [1.807, 2.05) is 6.07 Å². The quantitative estimate of drug-likeness (QED) is 0.854. The standard InChI is InChI=1S/C18H20FN3O2.ClH/c19-15-1-3-16(4-2-15)24-17-11-13(5-10-21-17)12-22-18(23)14-6-8-20-9-7-14;/h1-5,10-11,14,20H,6-9,12H2,(H,22,23);1H. The lowest BCUT2D eigenvalue weighted by molar-refractivity contribution is -0.125. The molecule has 0 unspecified atom stereocenters. The summed E-state index contributed by atoms with van der Waals surface area (Å²) in [7, 11) is 0. The summed E-state index contributed by atoms with van der Waals surface area (Å²) in [6, 6.07) is 9.36. The summed E-state index contributed by atoms with van der Waals surface area (Å²) in [6.45, 7) is 2.22. The number of carbonyl (C=O) groups is 1. The van der Waals surface area contributed by atoms with Gasteiger partial charge in [0.15, 0.2) is 0 Å². The Labute approximate surface area is 152 Å². The number of hydrogen-bond acceptors (Lipinski definition) is 4. The van der Waals surface area contributed by atoms with E-state index in [4.69, 9.17) is 4.74 Å². The van der Waals surface area contributed by atoms with Crippen LogP contribution in [0.1, 0.15) is 18.4 Å². The van der Waals surface area contributed by atoms with Gasteiger partial charge in [-0.1, -0.05) is 0 Å². The van der Waals surface area contributed by atoms with Gasteiger partial charge in [-0.3, -0.25) is 4.79 Å². The minimum Gasteiger partial charge on any atom is -0.439 e. The van der Waals surface area contributed by atoms with Crippen molar-refractivity contribution >= 4 is 18.3 Å². The second-order valence-electron chi connectivity index (χ2n) is 5.80. The van der Waals surface area contributed by atoms with E-state index >= 15 is 0 Å². The van der Waals surface area contributed by atoms with Gasteiger partial charge in [0.1, 0.15) is 11.6 Å². The number of halogens is 2. The number of piperidine rings is 1. The van der Waals surface area contributed by atoms with Crippen LogP contribution in [-0.2, 0) is 11.3 Å². The SMILES string of the molecule is Cl.O=C(NCc1ccnc(Oc2ccc(F)cc2)c1)C1CCNCC1. The van der Waals surface area contributed by atoms with Crippen LogP contribution in [0, 0.1) is 11.7 Å². The smallest absolute Gasteiger partial charge is 0.223 e. The fourth-order valence-corrected chi connectivity index (χ4v) is 2.66. The van der Waals surface area contributed by atoms with Gasteiger partial charge in [0.25, 0.3) is 0 Å². The molecule has 134 valence electrons. The zero-order chi connectivity index (χ0) is 16.8. The molecule has 25 heavy (non-hydrogen) atoms. The van der Waals surface area contributed by atoms with Gasteiger partial charge in [-0.05, 0) is 61.8 Å². The van der Waals surface area contributed by atoms with Crippen molar-refractivity contribution in [3.05, 3.63) is 54.0 Å². The second kappa shape index (κ2) is 9.34. The highest BCUT2D eigenvalue weighted by atomic mass is 35.5.